The van der Waals surface area contributed by atoms with Gasteiger partial charge in [0, 0.05) is 13.3 Å². The zero-order chi connectivity index (χ0) is 11.3. The van der Waals surface area contributed by atoms with Crippen LogP contribution in [-0.2, 0) is 4.74 Å². The highest BCUT2D eigenvalue weighted by atomic mass is 79.9. The molecule has 0 saturated heterocycles. The predicted octanol–water partition coefficient (Wildman–Crippen LogP) is 1.57. The van der Waals surface area contributed by atoms with Gasteiger partial charge in [-0.15, -0.1) is 0 Å². The molecule has 6 heteroatoms. The number of hydrogen-bond acceptors (Lipinski definition) is 4. The van der Waals surface area contributed by atoms with Crippen LogP contribution in [0.1, 0.15) is 10.4 Å². The molecule has 1 aromatic heterocycles. The number of carboxylic acids is 1. The Kier molecular flexibility index (Phi) is 4.51. The Morgan fingerprint density at radius 1 is 1.60 bits per heavy atom. The molecule has 0 bridgehead atoms. The van der Waals surface area contributed by atoms with E-state index in [2.05, 4.69) is 20.9 Å². The summed E-state index contributed by atoms with van der Waals surface area (Å²) in [6, 6.07) is 1.44. The van der Waals surface area contributed by atoms with Gasteiger partial charge in [-0.05, 0) is 22.0 Å². The fraction of sp³-hybridized carbons (Fsp3) is 0.333. The summed E-state index contributed by atoms with van der Waals surface area (Å²) in [6.07, 6.45) is 1.25. The molecule has 15 heavy (non-hydrogen) atoms. The number of carboxylic acid groups (broad SMARTS) is 1. The quantitative estimate of drug-likeness (QED) is 0.827. The number of pyridine rings is 1. The lowest BCUT2D eigenvalue weighted by Gasteiger charge is -2.06. The van der Waals surface area contributed by atoms with Crippen LogP contribution in [0.2, 0.25) is 0 Å². The fourth-order valence-electron chi connectivity index (χ4n) is 0.870. The number of aromatic nitrogens is 1. The lowest BCUT2D eigenvalue weighted by atomic mass is 10.3. The maximum atomic E-state index is 10.6. The summed E-state index contributed by atoms with van der Waals surface area (Å²) in [5.74, 6) is -0.663. The van der Waals surface area contributed by atoms with E-state index in [0.29, 0.717) is 23.6 Å². The Hall–Kier alpha value is -1.14. The lowest BCUT2D eigenvalue weighted by Crippen LogP contribution is -2.06. The van der Waals surface area contributed by atoms with Crippen molar-refractivity contribution in [3.05, 3.63) is 22.3 Å². The van der Waals surface area contributed by atoms with E-state index < -0.39 is 5.97 Å². The molecule has 0 unspecified atom stereocenters. The molecule has 82 valence electrons. The van der Waals surface area contributed by atoms with Crippen LogP contribution in [0, 0.1) is 0 Å². The SMILES string of the molecule is COCCOc1ncc(C(=O)O)cc1Br. The number of nitrogens with zero attached hydrogens (tertiary/aromatic N) is 1. The molecule has 0 aromatic carbocycles. The van der Waals surface area contributed by atoms with Gasteiger partial charge < -0.3 is 14.6 Å². The van der Waals surface area contributed by atoms with E-state index in [1.165, 1.54) is 12.3 Å². The molecule has 0 atom stereocenters. The van der Waals surface area contributed by atoms with Gasteiger partial charge >= 0.3 is 5.97 Å². The molecule has 0 spiro atoms. The van der Waals surface area contributed by atoms with Gasteiger partial charge in [-0.3, -0.25) is 0 Å². The average Bonchev–Trinajstić information content (AvgIpc) is 2.20. The summed E-state index contributed by atoms with van der Waals surface area (Å²) >= 11 is 3.18. The van der Waals surface area contributed by atoms with Crippen molar-refractivity contribution in [3.8, 4) is 5.88 Å². The van der Waals surface area contributed by atoms with Gasteiger partial charge in [-0.25, -0.2) is 9.78 Å². The van der Waals surface area contributed by atoms with E-state index in [1.807, 2.05) is 0 Å². The Morgan fingerprint density at radius 3 is 2.87 bits per heavy atom. The molecule has 0 radical (unpaired) electrons. The highest BCUT2D eigenvalue weighted by Crippen LogP contribution is 2.22. The van der Waals surface area contributed by atoms with Crippen molar-refractivity contribution in [3.63, 3.8) is 0 Å². The Balaban J connectivity index is 2.70. The number of rotatable bonds is 5. The topological polar surface area (TPSA) is 68.7 Å². The summed E-state index contributed by atoms with van der Waals surface area (Å²) in [5.41, 5.74) is 0.112. The molecule has 1 heterocycles. The van der Waals surface area contributed by atoms with E-state index in [9.17, 15) is 4.79 Å². The summed E-state index contributed by atoms with van der Waals surface area (Å²) in [5, 5.41) is 8.69. The minimum atomic E-state index is -1.02. The van der Waals surface area contributed by atoms with Crippen molar-refractivity contribution in [2.75, 3.05) is 20.3 Å². The van der Waals surface area contributed by atoms with Gasteiger partial charge in [0.05, 0.1) is 16.6 Å². The first kappa shape index (κ1) is 11.9. The van der Waals surface area contributed by atoms with E-state index in [4.69, 9.17) is 14.6 Å². The van der Waals surface area contributed by atoms with Crippen molar-refractivity contribution in [1.82, 2.24) is 4.98 Å². The third-order valence-electron chi connectivity index (χ3n) is 1.58. The van der Waals surface area contributed by atoms with Crippen molar-refractivity contribution >= 4 is 21.9 Å². The molecular weight excluding hydrogens is 266 g/mol. The third-order valence-corrected chi connectivity index (χ3v) is 2.15. The monoisotopic (exact) mass is 275 g/mol. The number of ether oxygens (including phenoxy) is 2. The van der Waals surface area contributed by atoms with Gasteiger partial charge in [0.2, 0.25) is 5.88 Å². The first-order chi connectivity index (χ1) is 7.15. The van der Waals surface area contributed by atoms with Crippen LogP contribution in [0.15, 0.2) is 16.7 Å². The van der Waals surface area contributed by atoms with Gasteiger partial charge in [-0.2, -0.15) is 0 Å². The zero-order valence-corrected chi connectivity index (χ0v) is 9.65. The Bertz CT molecular complexity index is 356. The number of hydrogen-bond donors (Lipinski definition) is 1. The van der Waals surface area contributed by atoms with Gasteiger partial charge in [0.15, 0.2) is 0 Å². The molecule has 0 saturated carbocycles. The normalized spacial score (nSPS) is 10.0. The molecular formula is C9H10BrNO4. The number of carbonyl (C=O) groups is 1. The molecule has 1 aromatic rings. The maximum Gasteiger partial charge on any atom is 0.337 e. The van der Waals surface area contributed by atoms with Crippen LogP contribution in [0.25, 0.3) is 0 Å². The van der Waals surface area contributed by atoms with Crippen LogP contribution in [0.4, 0.5) is 0 Å². The van der Waals surface area contributed by atoms with Gasteiger partial charge in [0.25, 0.3) is 0 Å². The Labute approximate surface area is 95.2 Å². The average molecular weight is 276 g/mol. The first-order valence-electron chi connectivity index (χ1n) is 4.15. The van der Waals surface area contributed by atoms with Crippen LogP contribution in [0.3, 0.4) is 0 Å². The minimum Gasteiger partial charge on any atom is -0.478 e. The summed E-state index contributed by atoms with van der Waals surface area (Å²) in [4.78, 5) is 14.5. The second kappa shape index (κ2) is 5.67. The van der Waals surface area contributed by atoms with Crippen molar-refractivity contribution in [1.29, 1.82) is 0 Å². The highest BCUT2D eigenvalue weighted by molar-refractivity contribution is 9.10. The molecule has 0 aliphatic carbocycles. The van der Waals surface area contributed by atoms with Crippen molar-refractivity contribution in [2.24, 2.45) is 0 Å². The summed E-state index contributed by atoms with van der Waals surface area (Å²) < 4.78 is 10.6. The van der Waals surface area contributed by atoms with Crippen LogP contribution in [0.5, 0.6) is 5.88 Å². The molecule has 5 nitrogen and oxygen atoms in total. The van der Waals surface area contributed by atoms with Crippen LogP contribution < -0.4 is 4.74 Å². The maximum absolute atomic E-state index is 10.6. The predicted molar refractivity (Wildman–Crippen MR) is 56.3 cm³/mol. The van der Waals surface area contributed by atoms with E-state index >= 15 is 0 Å². The van der Waals surface area contributed by atoms with E-state index in [0.717, 1.165) is 0 Å². The smallest absolute Gasteiger partial charge is 0.337 e. The van der Waals surface area contributed by atoms with E-state index in [-0.39, 0.29) is 5.56 Å². The molecule has 0 aliphatic rings. The third kappa shape index (κ3) is 3.49. The summed E-state index contributed by atoms with van der Waals surface area (Å²) in [6.45, 7) is 0.823. The van der Waals surface area contributed by atoms with E-state index in [1.54, 1.807) is 7.11 Å². The van der Waals surface area contributed by atoms with Crippen LogP contribution in [-0.4, -0.2) is 36.4 Å². The standard InChI is InChI=1S/C9H10BrNO4/c1-14-2-3-15-8-7(10)4-6(5-11-8)9(12)13/h4-5H,2-3H2,1H3,(H,12,13). The zero-order valence-electron chi connectivity index (χ0n) is 8.07. The molecule has 1 rings (SSSR count). The highest BCUT2D eigenvalue weighted by Gasteiger charge is 2.08. The number of halogens is 1. The number of aromatic carboxylic acids is 1. The largest absolute Gasteiger partial charge is 0.478 e. The lowest BCUT2D eigenvalue weighted by molar-refractivity contribution is 0.0696. The molecule has 0 amide bonds. The fourth-order valence-corrected chi connectivity index (χ4v) is 1.33. The van der Waals surface area contributed by atoms with Gasteiger partial charge in [0.1, 0.15) is 6.61 Å². The molecule has 0 aliphatic heterocycles. The molecule has 1 N–H and O–H groups in total. The van der Waals surface area contributed by atoms with Crippen LogP contribution >= 0.6 is 15.9 Å². The molecule has 0 fully saturated rings. The summed E-state index contributed by atoms with van der Waals surface area (Å²) in [7, 11) is 1.57. The second-order valence-electron chi connectivity index (χ2n) is 2.66. The van der Waals surface area contributed by atoms with Gasteiger partial charge in [-0.1, -0.05) is 0 Å². The van der Waals surface area contributed by atoms with Crippen molar-refractivity contribution < 1.29 is 19.4 Å². The second-order valence-corrected chi connectivity index (χ2v) is 3.51. The van der Waals surface area contributed by atoms with Crippen molar-refractivity contribution in [2.45, 2.75) is 0 Å². The minimum absolute atomic E-state index is 0.112. The first-order valence-corrected chi connectivity index (χ1v) is 4.95. The Morgan fingerprint density at radius 2 is 2.33 bits per heavy atom. The number of methoxy groups -OCH3 is 1.